The highest BCUT2D eigenvalue weighted by Crippen LogP contribution is 2.37. The van der Waals surface area contributed by atoms with Crippen LogP contribution in [-0.2, 0) is 5.00 Å². The first-order valence-corrected chi connectivity index (χ1v) is 4.87. The Morgan fingerprint density at radius 2 is 2.14 bits per heavy atom. The van der Waals surface area contributed by atoms with Crippen molar-refractivity contribution in [2.75, 3.05) is 0 Å². The molecule has 4 heteroatoms. The van der Waals surface area contributed by atoms with Crippen molar-refractivity contribution in [3.05, 3.63) is 54.5 Å². The average molecular weight is 227 g/mol. The summed E-state index contributed by atoms with van der Waals surface area (Å²) in [6, 6.07) is 5.56. The molecule has 0 aromatic carbocycles. The summed E-state index contributed by atoms with van der Waals surface area (Å²) in [6.45, 7) is 0. The minimum absolute atomic E-state index is 0.706. The van der Waals surface area contributed by atoms with Gasteiger partial charge in [0.25, 0.3) is 0 Å². The van der Waals surface area contributed by atoms with E-state index >= 15 is 0 Å². The number of pyridine rings is 1. The number of nitrogens with zero attached hydrogens (tertiary/aromatic N) is 2. The van der Waals surface area contributed by atoms with E-state index in [2.05, 4.69) is 4.98 Å². The molecule has 2 nitrogen and oxygen atoms in total. The van der Waals surface area contributed by atoms with Gasteiger partial charge >= 0.3 is 0 Å². The SMILES string of the molecule is ClN1C=CC=CC1(Cl)c1ccccn1. The molecule has 1 aromatic rings. The van der Waals surface area contributed by atoms with E-state index in [9.17, 15) is 0 Å². The number of rotatable bonds is 1. The van der Waals surface area contributed by atoms with Crippen LogP contribution in [0.3, 0.4) is 0 Å². The van der Waals surface area contributed by atoms with Crippen molar-refractivity contribution in [2.24, 2.45) is 0 Å². The predicted octanol–water partition coefficient (Wildman–Crippen LogP) is 3.01. The molecule has 0 amide bonds. The summed E-state index contributed by atoms with van der Waals surface area (Å²) in [5.41, 5.74) is 0.706. The Labute approximate surface area is 92.6 Å². The number of allylic oxidation sites excluding steroid dienone is 2. The quantitative estimate of drug-likeness (QED) is 0.416. The van der Waals surface area contributed by atoms with Gasteiger partial charge in [0.1, 0.15) is 0 Å². The van der Waals surface area contributed by atoms with E-state index in [0.717, 1.165) is 0 Å². The normalized spacial score (nSPS) is 25.4. The van der Waals surface area contributed by atoms with Gasteiger partial charge in [0.2, 0.25) is 0 Å². The molecular weight excluding hydrogens is 219 g/mol. The summed E-state index contributed by atoms with van der Waals surface area (Å²) in [5, 5.41) is 0. The van der Waals surface area contributed by atoms with Crippen LogP contribution in [0.15, 0.2) is 48.8 Å². The molecule has 2 heterocycles. The Balaban J connectivity index is 2.42. The van der Waals surface area contributed by atoms with E-state index in [0.29, 0.717) is 5.69 Å². The van der Waals surface area contributed by atoms with Crippen molar-refractivity contribution in [3.63, 3.8) is 0 Å². The summed E-state index contributed by atoms with van der Waals surface area (Å²) in [7, 11) is 0. The fourth-order valence-corrected chi connectivity index (χ4v) is 1.70. The summed E-state index contributed by atoms with van der Waals surface area (Å²) in [6.07, 6.45) is 8.85. The monoisotopic (exact) mass is 226 g/mol. The van der Waals surface area contributed by atoms with Gasteiger partial charge in [-0.3, -0.25) is 9.40 Å². The average Bonchev–Trinajstić information content (AvgIpc) is 2.24. The van der Waals surface area contributed by atoms with Crippen molar-refractivity contribution in [1.29, 1.82) is 0 Å². The highest BCUT2D eigenvalue weighted by molar-refractivity contribution is 6.29. The second kappa shape index (κ2) is 3.64. The summed E-state index contributed by atoms with van der Waals surface area (Å²) in [4.78, 5) is 3.30. The number of aromatic nitrogens is 1. The highest BCUT2D eigenvalue weighted by Gasteiger charge is 2.34. The molecule has 0 aliphatic carbocycles. The Hall–Kier alpha value is -0.990. The number of hydrogen-bond acceptors (Lipinski definition) is 2. The number of alkyl halides is 1. The van der Waals surface area contributed by atoms with Gasteiger partial charge in [-0.05, 0) is 24.3 Å². The lowest BCUT2D eigenvalue weighted by Crippen LogP contribution is -2.31. The van der Waals surface area contributed by atoms with Crippen LogP contribution in [0.4, 0.5) is 0 Å². The Kier molecular flexibility index (Phi) is 2.48. The van der Waals surface area contributed by atoms with Crippen LogP contribution >= 0.6 is 23.4 Å². The van der Waals surface area contributed by atoms with Crippen LogP contribution in [0.5, 0.6) is 0 Å². The molecule has 0 radical (unpaired) electrons. The molecule has 0 bridgehead atoms. The first kappa shape index (κ1) is 9.56. The molecular formula is C10H8Cl2N2. The van der Waals surface area contributed by atoms with Gasteiger partial charge in [0, 0.05) is 24.2 Å². The molecule has 1 aliphatic rings. The van der Waals surface area contributed by atoms with E-state index in [1.54, 1.807) is 18.5 Å². The van der Waals surface area contributed by atoms with Crippen molar-refractivity contribution in [1.82, 2.24) is 9.40 Å². The van der Waals surface area contributed by atoms with Crippen LogP contribution in [0.25, 0.3) is 0 Å². The van der Waals surface area contributed by atoms with E-state index in [-0.39, 0.29) is 0 Å². The molecule has 72 valence electrons. The van der Waals surface area contributed by atoms with Gasteiger partial charge in [-0.1, -0.05) is 23.7 Å². The zero-order chi connectivity index (χ0) is 10.0. The molecule has 0 fully saturated rings. The fraction of sp³-hybridized carbons (Fsp3) is 0.100. The van der Waals surface area contributed by atoms with Gasteiger partial charge in [-0.15, -0.1) is 0 Å². The second-order valence-corrected chi connectivity index (χ2v) is 3.84. The standard InChI is InChI=1S/C10H8Cl2N2/c11-10(6-2-4-8-14(10)12)9-5-1-3-7-13-9/h1-8H. The third-order valence-corrected chi connectivity index (χ3v) is 2.95. The lowest BCUT2D eigenvalue weighted by Gasteiger charge is -2.31. The van der Waals surface area contributed by atoms with Crippen LogP contribution in [0.1, 0.15) is 5.69 Å². The van der Waals surface area contributed by atoms with Gasteiger partial charge in [-0.25, -0.2) is 0 Å². The molecule has 1 unspecified atom stereocenters. The van der Waals surface area contributed by atoms with Gasteiger partial charge in [-0.2, -0.15) is 0 Å². The Bertz CT molecular complexity index is 375. The second-order valence-electron chi connectivity index (χ2n) is 2.90. The molecule has 1 aliphatic heterocycles. The van der Waals surface area contributed by atoms with Crippen molar-refractivity contribution < 1.29 is 0 Å². The summed E-state index contributed by atoms with van der Waals surface area (Å²) in [5.74, 6) is 0. The van der Waals surface area contributed by atoms with Gasteiger partial charge < -0.3 is 0 Å². The van der Waals surface area contributed by atoms with Gasteiger partial charge in [0.15, 0.2) is 5.00 Å². The van der Waals surface area contributed by atoms with Gasteiger partial charge in [0.05, 0.1) is 5.69 Å². The number of halogens is 2. The zero-order valence-corrected chi connectivity index (χ0v) is 8.78. The lowest BCUT2D eigenvalue weighted by atomic mass is 10.1. The highest BCUT2D eigenvalue weighted by atomic mass is 35.5. The third kappa shape index (κ3) is 1.51. The van der Waals surface area contributed by atoms with E-state index in [1.165, 1.54) is 4.42 Å². The maximum atomic E-state index is 6.34. The molecule has 0 N–H and O–H groups in total. The molecule has 2 rings (SSSR count). The number of hydrogen-bond donors (Lipinski definition) is 0. The first-order valence-electron chi connectivity index (χ1n) is 4.15. The largest absolute Gasteiger partial charge is 0.262 e. The van der Waals surface area contributed by atoms with E-state index < -0.39 is 5.00 Å². The molecule has 0 spiro atoms. The maximum Gasteiger partial charge on any atom is 0.190 e. The van der Waals surface area contributed by atoms with Crippen molar-refractivity contribution in [3.8, 4) is 0 Å². The van der Waals surface area contributed by atoms with Crippen LogP contribution < -0.4 is 0 Å². The van der Waals surface area contributed by atoms with E-state index in [4.69, 9.17) is 23.4 Å². The fourth-order valence-electron chi connectivity index (χ4n) is 1.25. The van der Waals surface area contributed by atoms with Crippen LogP contribution in [0, 0.1) is 0 Å². The first-order chi connectivity index (χ1) is 6.73. The van der Waals surface area contributed by atoms with Crippen LogP contribution in [0.2, 0.25) is 0 Å². The third-order valence-electron chi connectivity index (χ3n) is 1.98. The summed E-state index contributed by atoms with van der Waals surface area (Å²) < 4.78 is 1.40. The smallest absolute Gasteiger partial charge is 0.190 e. The summed E-state index contributed by atoms with van der Waals surface area (Å²) >= 11 is 12.3. The Morgan fingerprint density at radius 1 is 1.29 bits per heavy atom. The minimum atomic E-state index is -0.877. The topological polar surface area (TPSA) is 16.1 Å². The molecule has 0 saturated carbocycles. The predicted molar refractivity (Wildman–Crippen MR) is 57.7 cm³/mol. The molecule has 14 heavy (non-hydrogen) atoms. The zero-order valence-electron chi connectivity index (χ0n) is 7.27. The lowest BCUT2D eigenvalue weighted by molar-refractivity contribution is 0.446. The molecule has 0 saturated heterocycles. The molecule has 1 atom stereocenters. The minimum Gasteiger partial charge on any atom is -0.262 e. The maximum absolute atomic E-state index is 6.34. The Morgan fingerprint density at radius 3 is 2.79 bits per heavy atom. The molecule has 1 aromatic heterocycles. The van der Waals surface area contributed by atoms with E-state index in [1.807, 2.05) is 30.4 Å². The van der Waals surface area contributed by atoms with Crippen molar-refractivity contribution in [2.45, 2.75) is 5.00 Å². The van der Waals surface area contributed by atoms with Crippen molar-refractivity contribution >= 4 is 23.4 Å². The van der Waals surface area contributed by atoms with Crippen LogP contribution in [-0.4, -0.2) is 9.40 Å².